The summed E-state index contributed by atoms with van der Waals surface area (Å²) in [7, 11) is -2.09. The van der Waals surface area contributed by atoms with Gasteiger partial charge in [-0.3, -0.25) is 0 Å². The van der Waals surface area contributed by atoms with Crippen LogP contribution in [0.25, 0.3) is 0 Å². The summed E-state index contributed by atoms with van der Waals surface area (Å²) in [6.07, 6.45) is 4.90. The Morgan fingerprint density at radius 1 is 1.20 bits per heavy atom. The lowest BCUT2D eigenvalue weighted by Crippen LogP contribution is -2.32. The van der Waals surface area contributed by atoms with Crippen LogP contribution >= 0.6 is 43.6 Å². The standard InChI is InChI=1S/C17H24Cl2NO3P.ClH/c18-16-6-5-12(7-17(16)19)9-20-10-15(21)8-13-3-1-2-4-14(13)11-24(22)23;/h5-7,13-15,20-21H,1-4,8-11H2;1H/p+1/t13-,14?,15?;/m0./s1. The molecule has 1 aliphatic carbocycles. The van der Waals surface area contributed by atoms with E-state index in [0.717, 1.165) is 31.2 Å². The molecule has 142 valence electrons. The molecule has 3 unspecified atom stereocenters. The molecule has 1 fully saturated rings. The van der Waals surface area contributed by atoms with Gasteiger partial charge in [0, 0.05) is 19.0 Å². The van der Waals surface area contributed by atoms with Crippen LogP contribution in [0.1, 0.15) is 37.7 Å². The topological polar surface area (TPSA) is 69.6 Å². The van der Waals surface area contributed by atoms with E-state index in [2.05, 4.69) is 5.32 Å². The summed E-state index contributed by atoms with van der Waals surface area (Å²) < 4.78 is 11.1. The predicted octanol–water partition coefficient (Wildman–Crippen LogP) is 4.80. The molecule has 8 heteroatoms. The Morgan fingerprint density at radius 3 is 2.52 bits per heavy atom. The Labute approximate surface area is 166 Å². The normalized spacial score (nSPS) is 22.2. The van der Waals surface area contributed by atoms with E-state index >= 15 is 0 Å². The summed E-state index contributed by atoms with van der Waals surface area (Å²) in [5, 5.41) is 14.6. The second kappa shape index (κ2) is 11.7. The van der Waals surface area contributed by atoms with Crippen molar-refractivity contribution < 1.29 is 14.6 Å². The highest BCUT2D eigenvalue weighted by molar-refractivity contribution is 7.38. The number of hydrogen-bond donors (Lipinski definition) is 3. The average molecular weight is 430 g/mol. The van der Waals surface area contributed by atoms with Gasteiger partial charge in [0.2, 0.25) is 0 Å². The largest absolute Gasteiger partial charge is 0.505 e. The number of nitrogens with one attached hydrogen (secondary N) is 1. The van der Waals surface area contributed by atoms with Crippen molar-refractivity contribution in [2.45, 2.75) is 44.8 Å². The van der Waals surface area contributed by atoms with Crippen LogP contribution in [0.4, 0.5) is 0 Å². The molecule has 3 N–H and O–H groups in total. The van der Waals surface area contributed by atoms with Crippen molar-refractivity contribution in [2.75, 3.05) is 12.7 Å². The average Bonchev–Trinajstić information content (AvgIpc) is 2.52. The van der Waals surface area contributed by atoms with E-state index in [4.69, 9.17) is 23.2 Å². The summed E-state index contributed by atoms with van der Waals surface area (Å²) in [6, 6.07) is 5.49. The molecule has 1 aromatic carbocycles. The Morgan fingerprint density at radius 2 is 1.88 bits per heavy atom. The highest BCUT2D eigenvalue weighted by Crippen LogP contribution is 2.37. The van der Waals surface area contributed by atoms with Crippen molar-refractivity contribution in [3.05, 3.63) is 33.8 Å². The van der Waals surface area contributed by atoms with Gasteiger partial charge in [0.15, 0.2) is 6.16 Å². The number of halogens is 3. The molecule has 1 aliphatic rings. The lowest BCUT2D eigenvalue weighted by Gasteiger charge is -2.30. The van der Waals surface area contributed by atoms with E-state index in [-0.39, 0.29) is 18.3 Å². The summed E-state index contributed by atoms with van der Waals surface area (Å²) in [6.45, 7) is 1.11. The van der Waals surface area contributed by atoms with Crippen molar-refractivity contribution in [1.82, 2.24) is 5.32 Å². The number of aliphatic hydroxyl groups excluding tert-OH is 1. The number of benzene rings is 1. The number of hydrogen-bond acceptors (Lipinski definition) is 3. The molecule has 2 rings (SSSR count). The molecule has 0 radical (unpaired) electrons. The summed E-state index contributed by atoms with van der Waals surface area (Å²) >= 11 is 11.9. The number of rotatable bonds is 8. The van der Waals surface area contributed by atoms with Crippen LogP contribution in [-0.2, 0) is 11.1 Å². The van der Waals surface area contributed by atoms with E-state index < -0.39 is 14.1 Å². The molecular weight excluding hydrogens is 404 g/mol. The highest BCUT2D eigenvalue weighted by Gasteiger charge is 2.32. The second-order valence-corrected chi connectivity index (χ2v) is 8.49. The third-order valence-electron chi connectivity index (χ3n) is 4.73. The molecule has 25 heavy (non-hydrogen) atoms. The van der Waals surface area contributed by atoms with Crippen LogP contribution in [-0.4, -0.2) is 28.8 Å². The van der Waals surface area contributed by atoms with E-state index in [1.165, 1.54) is 0 Å². The fourth-order valence-electron chi connectivity index (χ4n) is 3.50. The van der Waals surface area contributed by atoms with Gasteiger partial charge in [-0.2, -0.15) is 4.89 Å². The summed E-state index contributed by atoms with van der Waals surface area (Å²) in [5.41, 5.74) is 1.02. The van der Waals surface area contributed by atoms with Crippen LogP contribution in [0.3, 0.4) is 0 Å². The minimum Gasteiger partial charge on any atom is -0.392 e. The van der Waals surface area contributed by atoms with Crippen molar-refractivity contribution in [3.8, 4) is 0 Å². The Hall–Kier alpha value is 0.0700. The van der Waals surface area contributed by atoms with Gasteiger partial charge in [-0.05, 0) is 47.4 Å². The fourth-order valence-corrected chi connectivity index (χ4v) is 4.70. The molecule has 0 amide bonds. The van der Waals surface area contributed by atoms with Crippen LogP contribution in [0.5, 0.6) is 0 Å². The van der Waals surface area contributed by atoms with E-state index in [0.29, 0.717) is 41.6 Å². The van der Waals surface area contributed by atoms with Crippen LogP contribution in [0.15, 0.2) is 18.2 Å². The van der Waals surface area contributed by atoms with Gasteiger partial charge < -0.3 is 10.4 Å². The monoisotopic (exact) mass is 428 g/mol. The molecular formula is C17H26Cl3NO3P+. The third-order valence-corrected chi connectivity index (χ3v) is 6.25. The smallest absolute Gasteiger partial charge is 0.392 e. The lowest BCUT2D eigenvalue weighted by atomic mass is 9.77. The van der Waals surface area contributed by atoms with Gasteiger partial charge in [-0.15, -0.1) is 12.4 Å². The third kappa shape index (κ3) is 8.09. The van der Waals surface area contributed by atoms with Gasteiger partial charge in [0.25, 0.3) is 0 Å². The Bertz CT molecular complexity index is 562. The molecule has 0 bridgehead atoms. The first-order valence-corrected chi connectivity index (χ1v) is 10.6. The molecule has 4 atom stereocenters. The highest BCUT2D eigenvalue weighted by atomic mass is 35.5. The molecule has 1 aromatic rings. The van der Waals surface area contributed by atoms with Crippen molar-refractivity contribution in [1.29, 1.82) is 0 Å². The SMILES string of the molecule is Cl.O=[P+](O)CC1CCCC[C@H]1CC(O)CNCc1ccc(Cl)c(Cl)c1. The molecule has 0 heterocycles. The summed E-state index contributed by atoms with van der Waals surface area (Å²) in [5.74, 6) is 0.601. The molecule has 0 aliphatic heterocycles. The van der Waals surface area contributed by atoms with Crippen LogP contribution < -0.4 is 5.32 Å². The van der Waals surface area contributed by atoms with E-state index in [1.54, 1.807) is 6.07 Å². The van der Waals surface area contributed by atoms with Crippen LogP contribution in [0, 0.1) is 11.8 Å². The predicted molar refractivity (Wildman–Crippen MR) is 106 cm³/mol. The maximum atomic E-state index is 11.1. The first-order chi connectivity index (χ1) is 11.5. The molecule has 0 aromatic heterocycles. The number of aliphatic hydroxyl groups is 1. The maximum absolute atomic E-state index is 11.1. The van der Waals surface area contributed by atoms with Crippen LogP contribution in [0.2, 0.25) is 10.0 Å². The van der Waals surface area contributed by atoms with Gasteiger partial charge >= 0.3 is 8.03 Å². The van der Waals surface area contributed by atoms with E-state index in [9.17, 15) is 14.6 Å². The maximum Gasteiger partial charge on any atom is 0.505 e. The van der Waals surface area contributed by atoms with Crippen molar-refractivity contribution in [3.63, 3.8) is 0 Å². The molecule has 0 spiro atoms. The lowest BCUT2D eigenvalue weighted by molar-refractivity contribution is 0.108. The Balaban J connectivity index is 0.00000312. The van der Waals surface area contributed by atoms with Crippen molar-refractivity contribution in [2.24, 2.45) is 11.8 Å². The zero-order chi connectivity index (χ0) is 17.5. The minimum absolute atomic E-state index is 0. The van der Waals surface area contributed by atoms with Gasteiger partial charge in [-0.25, -0.2) is 0 Å². The van der Waals surface area contributed by atoms with E-state index in [1.807, 2.05) is 12.1 Å². The first-order valence-electron chi connectivity index (χ1n) is 8.42. The van der Waals surface area contributed by atoms with Crippen molar-refractivity contribution >= 4 is 43.6 Å². The Kier molecular flexibility index (Phi) is 10.8. The second-order valence-electron chi connectivity index (χ2n) is 6.61. The van der Waals surface area contributed by atoms with Gasteiger partial charge in [-0.1, -0.05) is 42.1 Å². The molecule has 0 saturated heterocycles. The minimum atomic E-state index is -2.09. The molecule has 1 saturated carbocycles. The summed E-state index contributed by atoms with van der Waals surface area (Å²) in [4.78, 5) is 9.18. The zero-order valence-electron chi connectivity index (χ0n) is 14.0. The van der Waals surface area contributed by atoms with Gasteiger partial charge in [0.1, 0.15) is 0 Å². The zero-order valence-corrected chi connectivity index (χ0v) is 17.3. The van der Waals surface area contributed by atoms with Gasteiger partial charge in [0.05, 0.1) is 16.1 Å². The quantitative estimate of drug-likeness (QED) is 0.519. The molecule has 4 nitrogen and oxygen atoms in total. The first kappa shape index (κ1) is 23.1. The fraction of sp³-hybridized carbons (Fsp3) is 0.647.